The Morgan fingerprint density at radius 2 is 1.83 bits per heavy atom. The standard InChI is InChI=1S/C17H19FN4O/c1-12-8-10-22(11-9-12)16-7-6-15(20-21-16)19-17(23)13-2-4-14(18)5-3-13/h2-7,12H,8-11H2,1H3,(H,19,20,23). The maximum Gasteiger partial charge on any atom is 0.256 e. The second kappa shape index (κ2) is 6.73. The molecule has 1 amide bonds. The molecule has 5 nitrogen and oxygen atoms in total. The number of aromatic nitrogens is 2. The molecule has 0 unspecified atom stereocenters. The largest absolute Gasteiger partial charge is 0.355 e. The lowest BCUT2D eigenvalue weighted by Crippen LogP contribution is -2.33. The molecule has 0 atom stereocenters. The second-order valence-electron chi connectivity index (χ2n) is 5.91. The summed E-state index contributed by atoms with van der Waals surface area (Å²) >= 11 is 0. The van der Waals surface area contributed by atoms with E-state index in [1.165, 1.54) is 24.3 Å². The number of carbonyl (C=O) groups excluding carboxylic acids is 1. The zero-order chi connectivity index (χ0) is 16.2. The Morgan fingerprint density at radius 3 is 2.43 bits per heavy atom. The summed E-state index contributed by atoms with van der Waals surface area (Å²) in [6, 6.07) is 8.97. The van der Waals surface area contributed by atoms with Gasteiger partial charge in [-0.05, 0) is 55.2 Å². The van der Waals surface area contributed by atoms with Crippen molar-refractivity contribution in [1.29, 1.82) is 0 Å². The highest BCUT2D eigenvalue weighted by Crippen LogP contribution is 2.21. The minimum absolute atomic E-state index is 0.334. The van der Waals surface area contributed by atoms with Crippen LogP contribution in [0.4, 0.5) is 16.0 Å². The van der Waals surface area contributed by atoms with Crippen molar-refractivity contribution < 1.29 is 9.18 Å². The van der Waals surface area contributed by atoms with Gasteiger partial charge < -0.3 is 10.2 Å². The van der Waals surface area contributed by atoms with Gasteiger partial charge in [-0.2, -0.15) is 0 Å². The van der Waals surface area contributed by atoms with Gasteiger partial charge in [0.25, 0.3) is 5.91 Å². The molecular formula is C17H19FN4O. The van der Waals surface area contributed by atoms with Gasteiger partial charge in [0.1, 0.15) is 5.82 Å². The number of halogens is 1. The minimum Gasteiger partial charge on any atom is -0.355 e. The van der Waals surface area contributed by atoms with Crippen LogP contribution in [0.1, 0.15) is 30.1 Å². The molecule has 2 aromatic rings. The van der Waals surface area contributed by atoms with Crippen molar-refractivity contribution in [2.75, 3.05) is 23.3 Å². The summed E-state index contributed by atoms with van der Waals surface area (Å²) in [5.74, 6) is 1.26. The third-order valence-electron chi connectivity index (χ3n) is 4.11. The van der Waals surface area contributed by atoms with Gasteiger partial charge in [-0.25, -0.2) is 4.39 Å². The lowest BCUT2D eigenvalue weighted by atomic mass is 9.99. The fraction of sp³-hybridized carbons (Fsp3) is 0.353. The first-order valence-electron chi connectivity index (χ1n) is 7.77. The number of piperidine rings is 1. The van der Waals surface area contributed by atoms with Gasteiger partial charge in [0.2, 0.25) is 0 Å². The zero-order valence-electron chi connectivity index (χ0n) is 13.0. The Bertz CT molecular complexity index is 664. The molecule has 23 heavy (non-hydrogen) atoms. The van der Waals surface area contributed by atoms with Crippen LogP contribution in [0.5, 0.6) is 0 Å². The highest BCUT2D eigenvalue weighted by molar-refractivity contribution is 6.03. The van der Waals surface area contributed by atoms with E-state index in [0.717, 1.165) is 37.7 Å². The number of anilines is 2. The number of hydrogen-bond acceptors (Lipinski definition) is 4. The monoisotopic (exact) mass is 314 g/mol. The quantitative estimate of drug-likeness (QED) is 0.946. The number of rotatable bonds is 3. The number of hydrogen-bond donors (Lipinski definition) is 1. The van der Waals surface area contributed by atoms with Crippen molar-refractivity contribution in [2.24, 2.45) is 5.92 Å². The maximum atomic E-state index is 12.9. The van der Waals surface area contributed by atoms with Gasteiger partial charge in [-0.3, -0.25) is 4.79 Å². The molecule has 0 saturated carbocycles. The van der Waals surface area contributed by atoms with Crippen molar-refractivity contribution in [3.05, 3.63) is 47.8 Å². The van der Waals surface area contributed by atoms with Crippen LogP contribution in [-0.2, 0) is 0 Å². The SMILES string of the molecule is CC1CCN(c2ccc(NC(=O)c3ccc(F)cc3)nn2)CC1. The van der Waals surface area contributed by atoms with Crippen molar-refractivity contribution in [2.45, 2.75) is 19.8 Å². The van der Waals surface area contributed by atoms with Gasteiger partial charge in [0, 0.05) is 18.7 Å². The summed E-state index contributed by atoms with van der Waals surface area (Å²) in [4.78, 5) is 14.2. The Hall–Kier alpha value is -2.50. The second-order valence-corrected chi connectivity index (χ2v) is 5.91. The molecule has 3 rings (SSSR count). The molecule has 1 N–H and O–H groups in total. The summed E-state index contributed by atoms with van der Waals surface area (Å²) in [6.45, 7) is 4.23. The molecule has 1 saturated heterocycles. The first-order chi connectivity index (χ1) is 11.1. The van der Waals surface area contributed by atoms with Gasteiger partial charge in [-0.1, -0.05) is 6.92 Å². The summed E-state index contributed by atoms with van der Waals surface area (Å²) < 4.78 is 12.9. The summed E-state index contributed by atoms with van der Waals surface area (Å²) in [6.07, 6.45) is 2.31. The van der Waals surface area contributed by atoms with Crippen molar-refractivity contribution >= 4 is 17.5 Å². The first-order valence-corrected chi connectivity index (χ1v) is 7.77. The van der Waals surface area contributed by atoms with E-state index < -0.39 is 0 Å². The van der Waals surface area contributed by atoms with Gasteiger partial charge in [0.15, 0.2) is 11.6 Å². The first kappa shape index (κ1) is 15.4. The fourth-order valence-corrected chi connectivity index (χ4v) is 2.59. The van der Waals surface area contributed by atoms with Crippen molar-refractivity contribution in [1.82, 2.24) is 10.2 Å². The van der Waals surface area contributed by atoms with E-state index in [4.69, 9.17) is 0 Å². The van der Waals surface area contributed by atoms with E-state index in [0.29, 0.717) is 11.4 Å². The molecule has 0 radical (unpaired) electrons. The zero-order valence-corrected chi connectivity index (χ0v) is 13.0. The van der Waals surface area contributed by atoms with Crippen LogP contribution in [0.2, 0.25) is 0 Å². The molecule has 1 aliphatic heterocycles. The van der Waals surface area contributed by atoms with Crippen LogP contribution in [0.3, 0.4) is 0 Å². The lowest BCUT2D eigenvalue weighted by molar-refractivity contribution is 0.102. The van der Waals surface area contributed by atoms with E-state index >= 15 is 0 Å². The van der Waals surface area contributed by atoms with Gasteiger partial charge in [0.05, 0.1) is 0 Å². The minimum atomic E-state index is -0.374. The third kappa shape index (κ3) is 3.83. The Labute approximate surface area is 134 Å². The van der Waals surface area contributed by atoms with Crippen LogP contribution in [0.25, 0.3) is 0 Å². The third-order valence-corrected chi connectivity index (χ3v) is 4.11. The van der Waals surface area contributed by atoms with Crippen molar-refractivity contribution in [3.63, 3.8) is 0 Å². The predicted octanol–water partition coefficient (Wildman–Crippen LogP) is 3.10. The Balaban J connectivity index is 1.63. The molecule has 2 heterocycles. The van der Waals surface area contributed by atoms with E-state index in [-0.39, 0.29) is 11.7 Å². The topological polar surface area (TPSA) is 58.1 Å². The smallest absolute Gasteiger partial charge is 0.256 e. The predicted molar refractivity (Wildman–Crippen MR) is 87.0 cm³/mol. The highest BCUT2D eigenvalue weighted by Gasteiger charge is 2.17. The van der Waals surface area contributed by atoms with Gasteiger partial charge in [-0.15, -0.1) is 10.2 Å². The van der Waals surface area contributed by atoms with E-state index in [1.54, 1.807) is 6.07 Å². The van der Waals surface area contributed by atoms with E-state index in [9.17, 15) is 9.18 Å². The molecule has 6 heteroatoms. The molecule has 1 aromatic heterocycles. The Morgan fingerprint density at radius 1 is 1.13 bits per heavy atom. The maximum absolute atomic E-state index is 12.9. The summed E-state index contributed by atoms with van der Waals surface area (Å²) in [5.41, 5.74) is 0.377. The number of nitrogens with one attached hydrogen (secondary N) is 1. The van der Waals surface area contributed by atoms with Gasteiger partial charge >= 0.3 is 0 Å². The van der Waals surface area contributed by atoms with Crippen LogP contribution >= 0.6 is 0 Å². The molecule has 120 valence electrons. The van der Waals surface area contributed by atoms with Crippen LogP contribution < -0.4 is 10.2 Å². The van der Waals surface area contributed by atoms with E-state index in [1.807, 2.05) is 6.07 Å². The number of amides is 1. The molecule has 1 fully saturated rings. The van der Waals surface area contributed by atoms with E-state index in [2.05, 4.69) is 27.3 Å². The fourth-order valence-electron chi connectivity index (χ4n) is 2.59. The highest BCUT2D eigenvalue weighted by atomic mass is 19.1. The number of benzene rings is 1. The van der Waals surface area contributed by atoms with Crippen LogP contribution in [-0.4, -0.2) is 29.2 Å². The molecule has 1 aliphatic rings. The normalized spacial score (nSPS) is 15.5. The average Bonchev–Trinajstić information content (AvgIpc) is 2.57. The summed E-state index contributed by atoms with van der Waals surface area (Å²) in [5, 5.41) is 10.9. The molecule has 0 bridgehead atoms. The molecular weight excluding hydrogens is 295 g/mol. The number of carbonyl (C=O) groups is 1. The van der Waals surface area contributed by atoms with Crippen LogP contribution in [0.15, 0.2) is 36.4 Å². The number of nitrogens with zero attached hydrogens (tertiary/aromatic N) is 3. The Kier molecular flexibility index (Phi) is 4.50. The molecule has 0 spiro atoms. The van der Waals surface area contributed by atoms with Crippen molar-refractivity contribution in [3.8, 4) is 0 Å². The lowest BCUT2D eigenvalue weighted by Gasteiger charge is -2.30. The molecule has 1 aromatic carbocycles. The summed E-state index contributed by atoms with van der Waals surface area (Å²) in [7, 11) is 0. The average molecular weight is 314 g/mol. The molecule has 0 aliphatic carbocycles. The van der Waals surface area contributed by atoms with Crippen LogP contribution in [0, 0.1) is 11.7 Å².